The average Bonchev–Trinajstić information content (AvgIpc) is 2.83. The second-order valence-corrected chi connectivity index (χ2v) is 8.85. The number of benzene rings is 1. The van der Waals surface area contributed by atoms with Crippen molar-refractivity contribution in [1.82, 2.24) is 14.8 Å². The van der Waals surface area contributed by atoms with Crippen molar-refractivity contribution in [3.8, 4) is 5.75 Å². The Morgan fingerprint density at radius 3 is 2.65 bits per heavy atom. The molecule has 2 aromatic rings. The van der Waals surface area contributed by atoms with Crippen LogP contribution in [0.1, 0.15) is 58.0 Å². The van der Waals surface area contributed by atoms with Crippen LogP contribution in [0.25, 0.3) is 4.85 Å². The number of ether oxygens (including phenoxy) is 1. The third-order valence-electron chi connectivity index (χ3n) is 6.95. The van der Waals surface area contributed by atoms with Gasteiger partial charge in [0, 0.05) is 37.9 Å². The topological polar surface area (TPSA) is 50.0 Å². The summed E-state index contributed by atoms with van der Waals surface area (Å²) in [6.45, 7) is 12.8. The zero-order chi connectivity index (χ0) is 24.5. The second kappa shape index (κ2) is 9.63. The zero-order valence-corrected chi connectivity index (χ0v) is 19.2. The third-order valence-corrected chi connectivity index (χ3v) is 6.95. The Morgan fingerprint density at radius 2 is 1.97 bits per heavy atom. The first-order valence-electron chi connectivity index (χ1n) is 11.3. The maximum Gasteiger partial charge on any atom is 0.433 e. The molecule has 1 amide bonds. The number of amides is 1. The summed E-state index contributed by atoms with van der Waals surface area (Å²) in [4.78, 5) is 23.8. The first-order valence-corrected chi connectivity index (χ1v) is 11.3. The molecular formula is C25H27F3N4O2. The average molecular weight is 473 g/mol. The highest BCUT2D eigenvalue weighted by Gasteiger charge is 2.38. The molecule has 0 bridgehead atoms. The number of carbonyl (C=O) groups is 1. The Morgan fingerprint density at radius 1 is 1.18 bits per heavy atom. The molecule has 0 aliphatic carbocycles. The minimum absolute atomic E-state index is 0.00440. The van der Waals surface area contributed by atoms with Crippen molar-refractivity contribution in [3.05, 3.63) is 69.8 Å². The third kappa shape index (κ3) is 4.73. The van der Waals surface area contributed by atoms with Gasteiger partial charge in [-0.2, -0.15) is 13.2 Å². The van der Waals surface area contributed by atoms with E-state index in [0.717, 1.165) is 48.4 Å². The van der Waals surface area contributed by atoms with E-state index in [4.69, 9.17) is 11.3 Å². The van der Waals surface area contributed by atoms with Gasteiger partial charge in [-0.1, -0.05) is 6.07 Å². The van der Waals surface area contributed by atoms with Gasteiger partial charge in [0.25, 0.3) is 5.91 Å². The lowest BCUT2D eigenvalue weighted by Gasteiger charge is -2.48. The highest BCUT2D eigenvalue weighted by atomic mass is 19.4. The number of fused-ring (bicyclic) bond motifs is 1. The predicted molar refractivity (Wildman–Crippen MR) is 120 cm³/mol. The SMILES string of the molecule is [C-]#[N+]COc1ccc([C@H]2CCC[C@H]3CN(C(=O)c4ccc(C(F)(F)F)nc4)CCN32)c(C)c1C. The van der Waals surface area contributed by atoms with Gasteiger partial charge in [-0.3, -0.25) is 19.5 Å². The number of hydrogen-bond donors (Lipinski definition) is 0. The van der Waals surface area contributed by atoms with Crippen LogP contribution in [0.4, 0.5) is 13.2 Å². The summed E-state index contributed by atoms with van der Waals surface area (Å²) in [7, 11) is 0. The normalized spacial score (nSPS) is 21.0. The molecule has 6 nitrogen and oxygen atoms in total. The van der Waals surface area contributed by atoms with E-state index < -0.39 is 11.9 Å². The van der Waals surface area contributed by atoms with E-state index in [1.54, 1.807) is 4.90 Å². The number of piperazine rings is 1. The van der Waals surface area contributed by atoms with E-state index in [1.807, 2.05) is 13.0 Å². The number of rotatable bonds is 4. The van der Waals surface area contributed by atoms with E-state index in [-0.39, 0.29) is 30.3 Å². The Balaban J connectivity index is 1.48. The van der Waals surface area contributed by atoms with Gasteiger partial charge in [0.05, 0.1) is 5.56 Å². The molecule has 3 heterocycles. The molecule has 9 heteroatoms. The van der Waals surface area contributed by atoms with Crippen LogP contribution in [0.3, 0.4) is 0 Å². The second-order valence-electron chi connectivity index (χ2n) is 8.85. The van der Waals surface area contributed by atoms with Crippen molar-refractivity contribution in [2.75, 3.05) is 26.4 Å². The van der Waals surface area contributed by atoms with Gasteiger partial charge in [-0.15, -0.1) is 0 Å². The fraction of sp³-hybridized carbons (Fsp3) is 0.480. The number of piperidine rings is 1. The van der Waals surface area contributed by atoms with Gasteiger partial charge in [0.1, 0.15) is 11.4 Å². The minimum atomic E-state index is -4.53. The number of alkyl halides is 3. The lowest BCUT2D eigenvalue weighted by molar-refractivity contribution is -0.141. The molecule has 180 valence electrons. The molecule has 0 saturated carbocycles. The Bertz CT molecular complexity index is 1100. The number of pyridine rings is 1. The molecule has 0 spiro atoms. The molecule has 2 aliphatic heterocycles. The van der Waals surface area contributed by atoms with Crippen LogP contribution in [0.15, 0.2) is 30.5 Å². The van der Waals surface area contributed by atoms with Crippen LogP contribution in [0.5, 0.6) is 5.75 Å². The van der Waals surface area contributed by atoms with Crippen molar-refractivity contribution in [3.63, 3.8) is 0 Å². The van der Waals surface area contributed by atoms with Gasteiger partial charge in [0.15, 0.2) is 0 Å². The summed E-state index contributed by atoms with van der Waals surface area (Å²) >= 11 is 0. The summed E-state index contributed by atoms with van der Waals surface area (Å²) in [5.41, 5.74) is 2.61. The molecule has 34 heavy (non-hydrogen) atoms. The number of carbonyl (C=O) groups excluding carboxylic acids is 1. The van der Waals surface area contributed by atoms with Crippen LogP contribution in [-0.4, -0.2) is 53.1 Å². The lowest BCUT2D eigenvalue weighted by Crippen LogP contribution is -2.57. The Labute approximate surface area is 197 Å². The number of hydrogen-bond acceptors (Lipinski definition) is 4. The van der Waals surface area contributed by atoms with Crippen molar-refractivity contribution in [2.24, 2.45) is 0 Å². The van der Waals surface area contributed by atoms with E-state index in [9.17, 15) is 18.0 Å². The van der Waals surface area contributed by atoms with Gasteiger partial charge in [-0.25, -0.2) is 6.57 Å². The van der Waals surface area contributed by atoms with E-state index in [2.05, 4.69) is 27.7 Å². The lowest BCUT2D eigenvalue weighted by atomic mass is 9.86. The maximum absolute atomic E-state index is 13.0. The summed E-state index contributed by atoms with van der Waals surface area (Å²) in [5.74, 6) is 0.446. The number of nitrogens with zero attached hydrogens (tertiary/aromatic N) is 4. The quantitative estimate of drug-likeness (QED) is 0.586. The smallest absolute Gasteiger partial charge is 0.426 e. The highest BCUT2D eigenvalue weighted by Crippen LogP contribution is 2.39. The molecule has 2 atom stereocenters. The molecular weight excluding hydrogens is 445 g/mol. The fourth-order valence-electron chi connectivity index (χ4n) is 5.07. The Kier molecular flexibility index (Phi) is 6.80. The maximum atomic E-state index is 13.0. The van der Waals surface area contributed by atoms with Gasteiger partial charge < -0.3 is 9.64 Å². The van der Waals surface area contributed by atoms with Crippen molar-refractivity contribution in [1.29, 1.82) is 0 Å². The number of aromatic nitrogens is 1. The van der Waals surface area contributed by atoms with Crippen LogP contribution >= 0.6 is 0 Å². The summed E-state index contributed by atoms with van der Waals surface area (Å²) in [6, 6.07) is 6.51. The highest BCUT2D eigenvalue weighted by molar-refractivity contribution is 5.94. The monoisotopic (exact) mass is 472 g/mol. The van der Waals surface area contributed by atoms with Crippen LogP contribution in [0, 0.1) is 20.4 Å². The standard InChI is InChI=1S/C25H27F3N4O2/c1-16-17(2)22(34-15-29-3)9-8-20(16)21-6-4-5-19-14-31(11-12-32(19)21)24(33)18-7-10-23(30-13-18)25(26,27)28/h7-10,13,19,21H,4-6,11-12,14-15H2,1-2H3/t19-,21+/m0/s1. The first-order chi connectivity index (χ1) is 16.2. The fourth-order valence-corrected chi connectivity index (χ4v) is 5.07. The molecule has 0 N–H and O–H groups in total. The summed E-state index contributed by atoms with van der Waals surface area (Å²) in [6.07, 6.45) is -0.483. The molecule has 2 fully saturated rings. The van der Waals surface area contributed by atoms with Crippen LogP contribution < -0.4 is 4.74 Å². The van der Waals surface area contributed by atoms with Crippen LogP contribution in [0.2, 0.25) is 0 Å². The Hall–Kier alpha value is -3.12. The van der Waals surface area contributed by atoms with Crippen molar-refractivity contribution >= 4 is 5.91 Å². The number of halogens is 3. The molecule has 0 radical (unpaired) electrons. The van der Waals surface area contributed by atoms with E-state index >= 15 is 0 Å². The molecule has 4 rings (SSSR count). The largest absolute Gasteiger partial charge is 0.433 e. The van der Waals surface area contributed by atoms with Gasteiger partial charge in [0.2, 0.25) is 0 Å². The predicted octanol–water partition coefficient (Wildman–Crippen LogP) is 5.02. The minimum Gasteiger partial charge on any atom is -0.426 e. The van der Waals surface area contributed by atoms with Gasteiger partial charge >= 0.3 is 12.9 Å². The molecule has 1 aromatic heterocycles. The zero-order valence-electron chi connectivity index (χ0n) is 19.2. The summed E-state index contributed by atoms with van der Waals surface area (Å²) < 4.78 is 43.9. The molecule has 2 aliphatic rings. The molecule has 1 aromatic carbocycles. The molecule has 0 unspecified atom stereocenters. The van der Waals surface area contributed by atoms with E-state index in [1.165, 1.54) is 11.6 Å². The van der Waals surface area contributed by atoms with Crippen molar-refractivity contribution < 1.29 is 22.7 Å². The first kappa shape index (κ1) is 24.0. The molecule has 2 saturated heterocycles. The van der Waals surface area contributed by atoms with Gasteiger partial charge in [-0.05, 0) is 68.0 Å². The van der Waals surface area contributed by atoms with E-state index in [0.29, 0.717) is 19.6 Å². The summed E-state index contributed by atoms with van der Waals surface area (Å²) in [5, 5.41) is 0. The van der Waals surface area contributed by atoms with Crippen molar-refractivity contribution in [2.45, 2.75) is 51.4 Å². The van der Waals surface area contributed by atoms with Crippen LogP contribution in [-0.2, 0) is 6.18 Å².